The molecule has 0 aliphatic carbocycles. The number of anilines is 1. The van der Waals surface area contributed by atoms with E-state index < -0.39 is 0 Å². The summed E-state index contributed by atoms with van der Waals surface area (Å²) in [6.45, 7) is 7.99. The molecule has 2 N–H and O–H groups in total. The van der Waals surface area contributed by atoms with E-state index in [1.165, 1.54) is 0 Å². The topological polar surface area (TPSA) is 76.8 Å². The van der Waals surface area contributed by atoms with Gasteiger partial charge in [0, 0.05) is 25.4 Å². The van der Waals surface area contributed by atoms with Crippen LogP contribution >= 0.6 is 0 Å². The first-order valence-electron chi connectivity index (χ1n) is 7.54. The van der Waals surface area contributed by atoms with Crippen molar-refractivity contribution in [2.75, 3.05) is 5.32 Å². The summed E-state index contributed by atoms with van der Waals surface area (Å²) in [5.41, 5.74) is 1.86. The fourth-order valence-corrected chi connectivity index (χ4v) is 2.43. The van der Waals surface area contributed by atoms with E-state index in [9.17, 15) is 4.79 Å². The van der Waals surface area contributed by atoms with Crippen molar-refractivity contribution in [2.24, 2.45) is 7.05 Å². The second-order valence-corrected chi connectivity index (χ2v) is 5.65. The molecule has 2 amide bonds. The normalized spacial score (nSPS) is 12.5. The highest BCUT2D eigenvalue weighted by atomic mass is 16.2. The number of aromatic nitrogens is 4. The number of nitrogens with one attached hydrogen (secondary N) is 2. The number of amides is 2. The molecule has 0 unspecified atom stereocenters. The van der Waals surface area contributed by atoms with Crippen molar-refractivity contribution in [3.05, 3.63) is 29.7 Å². The average Bonchev–Trinajstić information content (AvgIpc) is 3.02. The average molecular weight is 304 g/mol. The molecule has 120 valence electrons. The standard InChI is InChI=1S/C15H24N6O/c1-6-12(13-7-8-16-20(13)5)17-15(22)18-14-9-11(4)19-21(14)10(2)3/h7-10,12H,6H2,1-5H3,(H2,17,18,22)/t12-/m1/s1. The van der Waals surface area contributed by atoms with E-state index >= 15 is 0 Å². The van der Waals surface area contributed by atoms with E-state index in [0.717, 1.165) is 17.8 Å². The lowest BCUT2D eigenvalue weighted by Crippen LogP contribution is -2.34. The Morgan fingerprint density at radius 3 is 2.68 bits per heavy atom. The second-order valence-electron chi connectivity index (χ2n) is 5.65. The lowest BCUT2D eigenvalue weighted by atomic mass is 10.1. The predicted molar refractivity (Wildman–Crippen MR) is 85.7 cm³/mol. The zero-order valence-electron chi connectivity index (χ0n) is 13.8. The SMILES string of the molecule is CC[C@@H](NC(=O)Nc1cc(C)nn1C(C)C)c1ccnn1C. The highest BCUT2D eigenvalue weighted by Crippen LogP contribution is 2.18. The molecule has 0 bridgehead atoms. The molecule has 0 aliphatic rings. The minimum absolute atomic E-state index is 0.0796. The highest BCUT2D eigenvalue weighted by Gasteiger charge is 2.17. The number of carbonyl (C=O) groups is 1. The Bertz CT molecular complexity index is 642. The summed E-state index contributed by atoms with van der Waals surface area (Å²) in [5, 5.41) is 14.4. The first-order chi connectivity index (χ1) is 10.4. The fourth-order valence-electron chi connectivity index (χ4n) is 2.43. The van der Waals surface area contributed by atoms with Crippen LogP contribution in [-0.2, 0) is 7.05 Å². The van der Waals surface area contributed by atoms with Gasteiger partial charge in [0.1, 0.15) is 5.82 Å². The molecule has 22 heavy (non-hydrogen) atoms. The van der Waals surface area contributed by atoms with Crippen LogP contribution in [0.1, 0.15) is 50.7 Å². The minimum Gasteiger partial charge on any atom is -0.329 e. The Morgan fingerprint density at radius 2 is 2.14 bits per heavy atom. The van der Waals surface area contributed by atoms with Crippen molar-refractivity contribution >= 4 is 11.8 Å². The molecule has 0 aliphatic heterocycles. The van der Waals surface area contributed by atoms with Crippen LogP contribution in [0.25, 0.3) is 0 Å². The summed E-state index contributed by atoms with van der Waals surface area (Å²) in [6, 6.07) is 3.64. The summed E-state index contributed by atoms with van der Waals surface area (Å²) >= 11 is 0. The molecule has 0 saturated carbocycles. The quantitative estimate of drug-likeness (QED) is 0.891. The minimum atomic E-state index is -0.241. The van der Waals surface area contributed by atoms with Gasteiger partial charge in [0.05, 0.1) is 17.4 Å². The van der Waals surface area contributed by atoms with Crippen LogP contribution in [0.15, 0.2) is 18.3 Å². The van der Waals surface area contributed by atoms with E-state index in [0.29, 0.717) is 5.82 Å². The molecule has 1 atom stereocenters. The maximum atomic E-state index is 12.3. The third-order valence-electron chi connectivity index (χ3n) is 3.52. The Hall–Kier alpha value is -2.31. The van der Waals surface area contributed by atoms with E-state index in [1.807, 2.05) is 46.9 Å². The molecule has 0 spiro atoms. The van der Waals surface area contributed by atoms with E-state index in [1.54, 1.807) is 15.6 Å². The molecule has 7 nitrogen and oxygen atoms in total. The molecule has 0 radical (unpaired) electrons. The summed E-state index contributed by atoms with van der Waals surface area (Å²) < 4.78 is 3.58. The van der Waals surface area contributed by atoms with Crippen LogP contribution in [0.5, 0.6) is 0 Å². The smallest absolute Gasteiger partial charge is 0.320 e. The van der Waals surface area contributed by atoms with Crippen LogP contribution in [0.2, 0.25) is 0 Å². The molecule has 2 rings (SSSR count). The van der Waals surface area contributed by atoms with Gasteiger partial charge in [0.25, 0.3) is 0 Å². The fraction of sp³-hybridized carbons (Fsp3) is 0.533. The van der Waals surface area contributed by atoms with Gasteiger partial charge in [0.15, 0.2) is 0 Å². The predicted octanol–water partition coefficient (Wildman–Crippen LogP) is 2.78. The highest BCUT2D eigenvalue weighted by molar-refractivity contribution is 5.88. The molecule has 2 aromatic heterocycles. The van der Waals surface area contributed by atoms with Crippen LogP contribution in [-0.4, -0.2) is 25.6 Å². The maximum Gasteiger partial charge on any atom is 0.320 e. The molecule has 2 aromatic rings. The number of carbonyl (C=O) groups excluding carboxylic acids is 1. The number of hydrogen-bond donors (Lipinski definition) is 2. The third kappa shape index (κ3) is 3.47. The molecule has 0 fully saturated rings. The van der Waals surface area contributed by atoms with Gasteiger partial charge >= 0.3 is 6.03 Å². The summed E-state index contributed by atoms with van der Waals surface area (Å²) in [4.78, 5) is 12.3. The molecule has 2 heterocycles. The number of urea groups is 1. The van der Waals surface area contributed by atoms with Gasteiger partial charge in [-0.15, -0.1) is 0 Å². The van der Waals surface area contributed by atoms with Gasteiger partial charge in [-0.2, -0.15) is 10.2 Å². The van der Waals surface area contributed by atoms with Crippen molar-refractivity contribution in [3.63, 3.8) is 0 Å². The lowest BCUT2D eigenvalue weighted by molar-refractivity contribution is 0.247. The monoisotopic (exact) mass is 304 g/mol. The van der Waals surface area contributed by atoms with Gasteiger partial charge in [-0.1, -0.05) is 6.92 Å². The number of nitrogens with zero attached hydrogens (tertiary/aromatic N) is 4. The number of rotatable bonds is 5. The summed E-state index contributed by atoms with van der Waals surface area (Å²) in [6.07, 6.45) is 2.52. The van der Waals surface area contributed by atoms with Gasteiger partial charge in [-0.3, -0.25) is 10.00 Å². The van der Waals surface area contributed by atoms with Gasteiger partial charge in [-0.25, -0.2) is 9.48 Å². The Labute approximate surface area is 130 Å². The van der Waals surface area contributed by atoms with E-state index in [-0.39, 0.29) is 18.1 Å². The van der Waals surface area contributed by atoms with Gasteiger partial charge in [-0.05, 0) is 33.3 Å². The van der Waals surface area contributed by atoms with Crippen molar-refractivity contribution in [1.82, 2.24) is 24.9 Å². The third-order valence-corrected chi connectivity index (χ3v) is 3.52. The van der Waals surface area contributed by atoms with Gasteiger partial charge < -0.3 is 5.32 Å². The van der Waals surface area contributed by atoms with E-state index in [2.05, 4.69) is 20.8 Å². The Balaban J connectivity index is 2.08. The van der Waals surface area contributed by atoms with Crippen molar-refractivity contribution < 1.29 is 4.79 Å². The van der Waals surface area contributed by atoms with Crippen LogP contribution in [0.4, 0.5) is 10.6 Å². The van der Waals surface area contributed by atoms with Crippen LogP contribution in [0.3, 0.4) is 0 Å². The van der Waals surface area contributed by atoms with Crippen molar-refractivity contribution in [2.45, 2.75) is 46.2 Å². The molecular weight excluding hydrogens is 280 g/mol. The summed E-state index contributed by atoms with van der Waals surface area (Å²) in [7, 11) is 1.87. The summed E-state index contributed by atoms with van der Waals surface area (Å²) in [5.74, 6) is 0.699. The zero-order valence-corrected chi connectivity index (χ0v) is 13.8. The maximum absolute atomic E-state index is 12.3. The molecular formula is C15H24N6O. The first kappa shape index (κ1) is 16.1. The van der Waals surface area contributed by atoms with Crippen molar-refractivity contribution in [3.8, 4) is 0 Å². The molecule has 0 saturated heterocycles. The van der Waals surface area contributed by atoms with Crippen molar-refractivity contribution in [1.29, 1.82) is 0 Å². The Morgan fingerprint density at radius 1 is 1.41 bits per heavy atom. The number of hydrogen-bond acceptors (Lipinski definition) is 3. The largest absolute Gasteiger partial charge is 0.329 e. The second kappa shape index (κ2) is 6.64. The molecule has 7 heteroatoms. The zero-order chi connectivity index (χ0) is 16.3. The lowest BCUT2D eigenvalue weighted by Gasteiger charge is -2.18. The Kier molecular flexibility index (Phi) is 4.85. The first-order valence-corrected chi connectivity index (χ1v) is 7.54. The van der Waals surface area contributed by atoms with Crippen LogP contribution in [0, 0.1) is 6.92 Å². The van der Waals surface area contributed by atoms with E-state index in [4.69, 9.17) is 0 Å². The van der Waals surface area contributed by atoms with Crippen LogP contribution < -0.4 is 10.6 Å². The number of aryl methyl sites for hydroxylation is 2. The van der Waals surface area contributed by atoms with Gasteiger partial charge in [0.2, 0.25) is 0 Å². The molecule has 0 aromatic carbocycles.